The molecule has 2 rings (SSSR count). The van der Waals surface area contributed by atoms with Crippen molar-refractivity contribution in [3.05, 3.63) is 48.5 Å². The predicted octanol–water partition coefficient (Wildman–Crippen LogP) is 3.38. The second-order valence-electron chi connectivity index (χ2n) is 3.94. The Morgan fingerprint density at radius 3 is 2.67 bits per heavy atom. The zero-order valence-electron chi connectivity index (χ0n) is 10.6. The first-order valence-electron chi connectivity index (χ1n) is 5.81. The maximum absolute atomic E-state index is 12.3. The number of alkyl halides is 3. The van der Waals surface area contributed by atoms with Crippen molar-refractivity contribution < 1.29 is 18.0 Å². The van der Waals surface area contributed by atoms with Crippen LogP contribution in [0.5, 0.6) is 0 Å². The van der Waals surface area contributed by atoms with Crippen molar-refractivity contribution in [3.8, 4) is 0 Å². The number of aromatic nitrogens is 2. The summed E-state index contributed by atoms with van der Waals surface area (Å²) in [5, 5.41) is 2.53. The lowest BCUT2D eigenvalue weighted by atomic mass is 10.3. The summed E-state index contributed by atoms with van der Waals surface area (Å²) in [5.41, 5.74) is 0.399. The Kier molecular flexibility index (Phi) is 4.79. The van der Waals surface area contributed by atoms with Crippen molar-refractivity contribution in [2.24, 2.45) is 0 Å². The van der Waals surface area contributed by atoms with Crippen LogP contribution in [0.15, 0.2) is 47.8 Å². The number of thioether (sulfide) groups is 1. The minimum absolute atomic E-state index is 0.0909. The largest absolute Gasteiger partial charge is 0.398 e. The van der Waals surface area contributed by atoms with Crippen molar-refractivity contribution in [3.63, 3.8) is 0 Å². The number of anilines is 1. The monoisotopic (exact) mass is 313 g/mol. The molecule has 0 atom stereocenters. The van der Waals surface area contributed by atoms with Gasteiger partial charge in [-0.2, -0.15) is 13.2 Å². The highest BCUT2D eigenvalue weighted by molar-refractivity contribution is 7.99. The van der Waals surface area contributed by atoms with Crippen molar-refractivity contribution in [2.45, 2.75) is 11.1 Å². The zero-order chi connectivity index (χ0) is 15.3. The third-order valence-corrected chi connectivity index (χ3v) is 3.46. The van der Waals surface area contributed by atoms with Crippen molar-refractivity contribution in [2.75, 3.05) is 11.1 Å². The lowest BCUT2D eigenvalue weighted by molar-refractivity contribution is -0.105. The van der Waals surface area contributed by atoms with Crippen LogP contribution in [0.1, 0.15) is 10.5 Å². The maximum atomic E-state index is 12.3. The van der Waals surface area contributed by atoms with Crippen LogP contribution in [0, 0.1) is 0 Å². The Bertz CT molecular complexity index is 620. The van der Waals surface area contributed by atoms with E-state index in [1.807, 2.05) is 0 Å². The van der Waals surface area contributed by atoms with Crippen LogP contribution >= 0.6 is 11.8 Å². The van der Waals surface area contributed by atoms with Crippen molar-refractivity contribution in [1.82, 2.24) is 9.97 Å². The number of amides is 1. The van der Waals surface area contributed by atoms with E-state index >= 15 is 0 Å². The highest BCUT2D eigenvalue weighted by Gasteiger charge is 2.27. The molecule has 110 valence electrons. The van der Waals surface area contributed by atoms with E-state index in [1.165, 1.54) is 30.7 Å². The van der Waals surface area contributed by atoms with E-state index in [0.717, 1.165) is 0 Å². The van der Waals surface area contributed by atoms with Crippen LogP contribution in [0.3, 0.4) is 0 Å². The molecule has 1 heterocycles. The van der Waals surface area contributed by atoms with Crippen LogP contribution < -0.4 is 5.32 Å². The van der Waals surface area contributed by atoms with Gasteiger partial charge < -0.3 is 5.32 Å². The van der Waals surface area contributed by atoms with Crippen LogP contribution in [0.4, 0.5) is 18.9 Å². The average Bonchev–Trinajstić information content (AvgIpc) is 2.46. The smallest absolute Gasteiger partial charge is 0.320 e. The van der Waals surface area contributed by atoms with E-state index in [-0.39, 0.29) is 5.69 Å². The van der Waals surface area contributed by atoms with Crippen molar-refractivity contribution in [1.29, 1.82) is 0 Å². The summed E-state index contributed by atoms with van der Waals surface area (Å²) < 4.78 is 36.8. The molecular weight excluding hydrogens is 303 g/mol. The van der Waals surface area contributed by atoms with E-state index in [2.05, 4.69) is 15.3 Å². The summed E-state index contributed by atoms with van der Waals surface area (Å²) in [5.74, 6) is -1.55. The van der Waals surface area contributed by atoms with Gasteiger partial charge in [0.15, 0.2) is 0 Å². The van der Waals surface area contributed by atoms with E-state index in [0.29, 0.717) is 22.3 Å². The Morgan fingerprint density at radius 2 is 2.00 bits per heavy atom. The summed E-state index contributed by atoms with van der Waals surface area (Å²) in [4.78, 5) is 19.9. The van der Waals surface area contributed by atoms with Gasteiger partial charge in [-0.15, -0.1) is 11.8 Å². The number of hydrogen-bond acceptors (Lipinski definition) is 4. The van der Waals surface area contributed by atoms with Gasteiger partial charge in [0.25, 0.3) is 5.91 Å². The molecule has 0 unspecified atom stereocenters. The van der Waals surface area contributed by atoms with Gasteiger partial charge in [-0.05, 0) is 12.1 Å². The van der Waals surface area contributed by atoms with Gasteiger partial charge in [0, 0.05) is 17.3 Å². The predicted molar refractivity (Wildman–Crippen MR) is 73.2 cm³/mol. The third-order valence-electron chi connectivity index (χ3n) is 2.32. The van der Waals surface area contributed by atoms with Crippen LogP contribution in [-0.4, -0.2) is 27.8 Å². The molecule has 8 heteroatoms. The van der Waals surface area contributed by atoms with Gasteiger partial charge in [-0.3, -0.25) is 9.78 Å². The fraction of sp³-hybridized carbons (Fsp3) is 0.154. The standard InChI is InChI=1S/C13H10F3N3OS/c14-13(15,16)8-21-11-4-2-1-3-9(11)19-12(20)10-7-17-5-6-18-10/h1-7H,8H2,(H,19,20). The fourth-order valence-corrected chi connectivity index (χ4v) is 2.23. The van der Waals surface area contributed by atoms with Gasteiger partial charge in [0.05, 0.1) is 17.6 Å². The first-order valence-corrected chi connectivity index (χ1v) is 6.80. The lowest BCUT2D eigenvalue weighted by Gasteiger charge is -2.11. The summed E-state index contributed by atoms with van der Waals surface area (Å²) in [7, 11) is 0. The Balaban J connectivity index is 2.11. The first-order chi connectivity index (χ1) is 9.96. The third kappa shape index (κ3) is 4.75. The molecule has 0 aliphatic heterocycles. The van der Waals surface area contributed by atoms with E-state index in [1.54, 1.807) is 12.1 Å². The molecule has 1 amide bonds. The highest BCUT2D eigenvalue weighted by atomic mass is 32.2. The number of nitrogens with zero attached hydrogens (tertiary/aromatic N) is 2. The SMILES string of the molecule is O=C(Nc1ccccc1SCC(F)(F)F)c1cnccn1. The molecule has 0 bridgehead atoms. The summed E-state index contributed by atoms with van der Waals surface area (Å²) >= 11 is 0.615. The van der Waals surface area contributed by atoms with Gasteiger partial charge in [-0.25, -0.2) is 4.98 Å². The van der Waals surface area contributed by atoms with Gasteiger partial charge >= 0.3 is 6.18 Å². The normalized spacial score (nSPS) is 11.2. The molecule has 4 nitrogen and oxygen atoms in total. The highest BCUT2D eigenvalue weighted by Crippen LogP contribution is 2.32. The number of hydrogen-bond donors (Lipinski definition) is 1. The van der Waals surface area contributed by atoms with E-state index in [4.69, 9.17) is 0 Å². The molecule has 0 fully saturated rings. The number of benzene rings is 1. The first kappa shape index (κ1) is 15.3. The number of rotatable bonds is 4. The summed E-state index contributed by atoms with van der Waals surface area (Å²) in [6.45, 7) is 0. The summed E-state index contributed by atoms with van der Waals surface area (Å²) in [6, 6.07) is 6.29. The van der Waals surface area contributed by atoms with Gasteiger partial charge in [0.1, 0.15) is 5.69 Å². The number of para-hydroxylation sites is 1. The Hall–Kier alpha value is -2.09. The second-order valence-corrected chi connectivity index (χ2v) is 4.96. The molecule has 2 aromatic rings. The quantitative estimate of drug-likeness (QED) is 0.879. The maximum Gasteiger partial charge on any atom is 0.398 e. The molecule has 0 aliphatic rings. The molecule has 0 saturated heterocycles. The number of carbonyl (C=O) groups is 1. The minimum Gasteiger partial charge on any atom is -0.320 e. The molecule has 0 saturated carbocycles. The van der Waals surface area contributed by atoms with Gasteiger partial charge in [-0.1, -0.05) is 12.1 Å². The lowest BCUT2D eigenvalue weighted by Crippen LogP contribution is -2.15. The van der Waals surface area contributed by atoms with Crippen LogP contribution in [0.2, 0.25) is 0 Å². The summed E-state index contributed by atoms with van der Waals surface area (Å²) in [6.07, 6.45) is -0.212. The Labute approximate surface area is 122 Å². The van der Waals surface area contributed by atoms with Crippen LogP contribution in [0.25, 0.3) is 0 Å². The number of nitrogens with one attached hydrogen (secondary N) is 1. The second kappa shape index (κ2) is 6.57. The van der Waals surface area contributed by atoms with Gasteiger partial charge in [0.2, 0.25) is 0 Å². The molecule has 1 aromatic heterocycles. The van der Waals surface area contributed by atoms with Crippen molar-refractivity contribution >= 4 is 23.4 Å². The molecule has 0 aliphatic carbocycles. The average molecular weight is 313 g/mol. The molecule has 0 radical (unpaired) electrons. The fourth-order valence-electron chi connectivity index (χ4n) is 1.46. The molecular formula is C13H10F3N3OS. The number of carbonyl (C=O) groups excluding carboxylic acids is 1. The topological polar surface area (TPSA) is 54.9 Å². The van der Waals surface area contributed by atoms with E-state index < -0.39 is 17.8 Å². The Morgan fingerprint density at radius 1 is 1.24 bits per heavy atom. The molecule has 21 heavy (non-hydrogen) atoms. The molecule has 1 N–H and O–H groups in total. The minimum atomic E-state index is -4.27. The van der Waals surface area contributed by atoms with Crippen LogP contribution in [-0.2, 0) is 0 Å². The molecule has 1 aromatic carbocycles. The van der Waals surface area contributed by atoms with E-state index in [9.17, 15) is 18.0 Å². The molecule has 0 spiro atoms. The number of halogens is 3. The zero-order valence-corrected chi connectivity index (χ0v) is 11.4.